The van der Waals surface area contributed by atoms with Crippen LogP contribution in [0.15, 0.2) is 59.5 Å². The molecule has 3 aromatic rings. The smallest absolute Gasteiger partial charge is 0.229 e. The molecular formula is C21H20N4O4. The van der Waals surface area contributed by atoms with E-state index in [0.29, 0.717) is 35.9 Å². The average Bonchev–Trinajstić information content (AvgIpc) is 3.45. The minimum Gasteiger partial charge on any atom is -0.467 e. The van der Waals surface area contributed by atoms with Crippen LogP contribution in [0.3, 0.4) is 0 Å². The Morgan fingerprint density at radius 2 is 2.03 bits per heavy atom. The maximum atomic E-state index is 12.6. The van der Waals surface area contributed by atoms with Gasteiger partial charge in [-0.15, -0.1) is 0 Å². The lowest BCUT2D eigenvalue weighted by molar-refractivity contribution is -0.128. The maximum Gasteiger partial charge on any atom is 0.229 e. The van der Waals surface area contributed by atoms with Crippen molar-refractivity contribution in [2.24, 2.45) is 13.0 Å². The molecule has 4 rings (SSSR count). The number of likely N-dealkylation sites (tertiary alicyclic amines) is 1. The predicted molar refractivity (Wildman–Crippen MR) is 104 cm³/mol. The molecule has 0 saturated carbocycles. The molecule has 0 aliphatic carbocycles. The van der Waals surface area contributed by atoms with Gasteiger partial charge in [0.1, 0.15) is 5.76 Å². The number of aromatic nitrogens is 2. The summed E-state index contributed by atoms with van der Waals surface area (Å²) in [6.45, 7) is 0.709. The highest BCUT2D eigenvalue weighted by Gasteiger charge is 2.34. The molecule has 8 nitrogen and oxygen atoms in total. The zero-order chi connectivity index (χ0) is 20.4. The Bertz CT molecular complexity index is 1040. The molecule has 1 unspecified atom stereocenters. The van der Waals surface area contributed by atoms with E-state index < -0.39 is 5.92 Å². The molecule has 29 heavy (non-hydrogen) atoms. The summed E-state index contributed by atoms with van der Waals surface area (Å²) in [6, 6.07) is 10.2. The minimum absolute atomic E-state index is 0.0717. The predicted octanol–water partition coefficient (Wildman–Crippen LogP) is 2.23. The number of imidazole rings is 1. The van der Waals surface area contributed by atoms with E-state index in [9.17, 15) is 14.4 Å². The first-order valence-electron chi connectivity index (χ1n) is 9.24. The molecule has 1 N–H and O–H groups in total. The molecule has 1 aliphatic heterocycles. The molecule has 0 bridgehead atoms. The number of carbonyl (C=O) groups is 3. The van der Waals surface area contributed by atoms with Crippen molar-refractivity contribution in [1.29, 1.82) is 0 Å². The van der Waals surface area contributed by atoms with Gasteiger partial charge in [0.15, 0.2) is 5.82 Å². The second kappa shape index (κ2) is 7.75. The number of benzene rings is 1. The van der Waals surface area contributed by atoms with Crippen molar-refractivity contribution in [2.45, 2.75) is 13.0 Å². The van der Waals surface area contributed by atoms with Crippen molar-refractivity contribution in [3.8, 4) is 0 Å². The number of nitrogens with one attached hydrogen (secondary N) is 1. The second-order valence-electron chi connectivity index (χ2n) is 7.01. The fourth-order valence-corrected chi connectivity index (χ4v) is 3.35. The number of carbonyl (C=O) groups excluding carboxylic acids is 3. The zero-order valence-electron chi connectivity index (χ0n) is 15.9. The molecule has 1 atom stereocenters. The van der Waals surface area contributed by atoms with Gasteiger partial charge in [-0.2, -0.15) is 0 Å². The largest absolute Gasteiger partial charge is 0.467 e. The van der Waals surface area contributed by atoms with E-state index in [1.165, 1.54) is 0 Å². The first-order valence-corrected chi connectivity index (χ1v) is 9.24. The monoisotopic (exact) mass is 392 g/mol. The lowest BCUT2D eigenvalue weighted by Crippen LogP contribution is -2.27. The molecule has 3 heterocycles. The highest BCUT2D eigenvalue weighted by Crippen LogP contribution is 2.22. The molecule has 0 spiro atoms. The van der Waals surface area contributed by atoms with Crippen LogP contribution in [0.4, 0.5) is 5.69 Å². The van der Waals surface area contributed by atoms with Crippen LogP contribution in [0.5, 0.6) is 0 Å². The van der Waals surface area contributed by atoms with Crippen molar-refractivity contribution in [3.05, 3.63) is 72.2 Å². The SMILES string of the molecule is Cn1ccnc1C(=O)c1ccc(NC(=O)C2CC(=O)N(Cc3ccco3)C2)cc1. The Labute approximate surface area is 167 Å². The van der Waals surface area contributed by atoms with Crippen LogP contribution >= 0.6 is 0 Å². The third-order valence-electron chi connectivity index (χ3n) is 4.95. The van der Waals surface area contributed by atoms with Crippen LogP contribution in [-0.2, 0) is 23.2 Å². The zero-order valence-corrected chi connectivity index (χ0v) is 15.9. The molecule has 8 heteroatoms. The van der Waals surface area contributed by atoms with Crippen LogP contribution in [0.25, 0.3) is 0 Å². The van der Waals surface area contributed by atoms with Crippen molar-refractivity contribution in [2.75, 3.05) is 11.9 Å². The molecule has 2 aromatic heterocycles. The molecule has 1 fully saturated rings. The van der Waals surface area contributed by atoms with E-state index in [4.69, 9.17) is 4.42 Å². The standard InChI is InChI=1S/C21H20N4O4/c1-24-9-8-22-20(24)19(27)14-4-6-16(7-5-14)23-21(28)15-11-18(26)25(12-15)13-17-3-2-10-29-17/h2-10,15H,11-13H2,1H3,(H,23,28). The Morgan fingerprint density at radius 3 is 2.69 bits per heavy atom. The maximum absolute atomic E-state index is 12.6. The van der Waals surface area contributed by atoms with Gasteiger partial charge in [-0.25, -0.2) is 4.98 Å². The first kappa shape index (κ1) is 18.7. The fraction of sp³-hybridized carbons (Fsp3) is 0.238. The van der Waals surface area contributed by atoms with E-state index in [2.05, 4.69) is 10.3 Å². The molecule has 2 amide bonds. The number of furan rings is 1. The fourth-order valence-electron chi connectivity index (χ4n) is 3.35. The van der Waals surface area contributed by atoms with E-state index in [0.717, 1.165) is 0 Å². The lowest BCUT2D eigenvalue weighted by Gasteiger charge is -2.15. The summed E-state index contributed by atoms with van der Waals surface area (Å²) in [7, 11) is 1.76. The van der Waals surface area contributed by atoms with Gasteiger partial charge in [-0.1, -0.05) is 0 Å². The van der Waals surface area contributed by atoms with Crippen molar-refractivity contribution in [1.82, 2.24) is 14.5 Å². The van der Waals surface area contributed by atoms with Crippen LogP contribution in [0.2, 0.25) is 0 Å². The Hall–Kier alpha value is -3.68. The van der Waals surface area contributed by atoms with Crippen LogP contribution in [0, 0.1) is 5.92 Å². The van der Waals surface area contributed by atoms with Crippen molar-refractivity contribution in [3.63, 3.8) is 0 Å². The van der Waals surface area contributed by atoms with E-state index in [1.54, 1.807) is 71.6 Å². The highest BCUT2D eigenvalue weighted by atomic mass is 16.3. The highest BCUT2D eigenvalue weighted by molar-refractivity contribution is 6.07. The van der Waals surface area contributed by atoms with Gasteiger partial charge >= 0.3 is 0 Å². The summed E-state index contributed by atoms with van der Waals surface area (Å²) in [4.78, 5) is 42.9. The van der Waals surface area contributed by atoms with Gasteiger partial charge in [0.2, 0.25) is 17.6 Å². The molecule has 1 aliphatic rings. The van der Waals surface area contributed by atoms with Gasteiger partial charge in [0, 0.05) is 43.7 Å². The number of ketones is 1. The summed E-state index contributed by atoms with van der Waals surface area (Å²) in [5.74, 6) is 0.132. The molecule has 1 saturated heterocycles. The Kier molecular flexibility index (Phi) is 4.99. The van der Waals surface area contributed by atoms with E-state index in [-0.39, 0.29) is 24.0 Å². The quantitative estimate of drug-likeness (QED) is 0.649. The normalized spacial score (nSPS) is 16.2. The van der Waals surface area contributed by atoms with Crippen molar-refractivity contribution < 1.29 is 18.8 Å². The topological polar surface area (TPSA) is 97.4 Å². The summed E-state index contributed by atoms with van der Waals surface area (Å²) in [5.41, 5.74) is 1.06. The van der Waals surface area contributed by atoms with Gasteiger partial charge in [0.25, 0.3) is 0 Å². The Balaban J connectivity index is 1.37. The number of hydrogen-bond donors (Lipinski definition) is 1. The number of hydrogen-bond acceptors (Lipinski definition) is 5. The van der Waals surface area contributed by atoms with E-state index >= 15 is 0 Å². The van der Waals surface area contributed by atoms with Gasteiger partial charge < -0.3 is 19.2 Å². The Morgan fingerprint density at radius 1 is 1.24 bits per heavy atom. The molecular weight excluding hydrogens is 372 g/mol. The number of amides is 2. The van der Waals surface area contributed by atoms with Crippen LogP contribution in [-0.4, -0.2) is 38.6 Å². The summed E-state index contributed by atoms with van der Waals surface area (Å²) >= 11 is 0. The van der Waals surface area contributed by atoms with Crippen molar-refractivity contribution >= 4 is 23.3 Å². The molecule has 0 radical (unpaired) electrons. The molecule has 148 valence electrons. The third-order valence-corrected chi connectivity index (χ3v) is 4.95. The van der Waals surface area contributed by atoms with Gasteiger partial charge in [-0.05, 0) is 36.4 Å². The van der Waals surface area contributed by atoms with Crippen LogP contribution in [0.1, 0.15) is 28.4 Å². The molecule has 1 aromatic carbocycles. The first-order chi connectivity index (χ1) is 14.0. The third kappa shape index (κ3) is 3.96. The lowest BCUT2D eigenvalue weighted by atomic mass is 10.1. The average molecular weight is 392 g/mol. The minimum atomic E-state index is -0.425. The number of anilines is 1. The second-order valence-corrected chi connectivity index (χ2v) is 7.01. The number of aryl methyl sites for hydroxylation is 1. The number of nitrogens with zero attached hydrogens (tertiary/aromatic N) is 3. The summed E-state index contributed by atoms with van der Waals surface area (Å²) in [5, 5.41) is 2.82. The number of rotatable bonds is 6. The van der Waals surface area contributed by atoms with Gasteiger partial charge in [0.05, 0.1) is 18.7 Å². The van der Waals surface area contributed by atoms with Gasteiger partial charge in [-0.3, -0.25) is 14.4 Å². The summed E-state index contributed by atoms with van der Waals surface area (Å²) < 4.78 is 6.93. The van der Waals surface area contributed by atoms with E-state index in [1.807, 2.05) is 0 Å². The van der Waals surface area contributed by atoms with Crippen LogP contribution < -0.4 is 5.32 Å². The summed E-state index contributed by atoms with van der Waals surface area (Å²) in [6.07, 6.45) is 5.00.